The van der Waals surface area contributed by atoms with E-state index in [2.05, 4.69) is 5.32 Å². The predicted octanol–water partition coefficient (Wildman–Crippen LogP) is 3.30. The first kappa shape index (κ1) is 20.9. The number of fused-ring (bicyclic) bond motifs is 1. The van der Waals surface area contributed by atoms with Crippen LogP contribution in [-0.2, 0) is 9.59 Å². The topological polar surface area (TPSA) is 84.9 Å². The summed E-state index contributed by atoms with van der Waals surface area (Å²) < 4.78 is 11.0. The van der Waals surface area contributed by atoms with E-state index in [0.717, 1.165) is 5.75 Å². The lowest BCUT2D eigenvalue weighted by Gasteiger charge is -2.31. The van der Waals surface area contributed by atoms with Crippen LogP contribution in [0.1, 0.15) is 36.0 Å². The number of carbonyl (C=O) groups excluding carboxylic acids is 3. The summed E-state index contributed by atoms with van der Waals surface area (Å²) in [4.78, 5) is 38.7. The Labute approximate surface area is 181 Å². The third kappa shape index (κ3) is 5.23. The second-order valence-electron chi connectivity index (χ2n) is 7.83. The fourth-order valence-electron chi connectivity index (χ4n) is 3.95. The molecule has 2 aromatic rings. The zero-order valence-corrected chi connectivity index (χ0v) is 17.3. The standard InChI is InChI=1S/C24H26N2O5/c27-22-16-31-21-9-8-18(15-20(21)25-22)24(29)17-10-12-26(13-11-17)23(28)7-4-14-30-19-5-2-1-3-6-19/h1-3,5-6,8-9,15,17H,4,7,10-14,16H2,(H,25,27). The van der Waals surface area contributed by atoms with Crippen molar-refractivity contribution in [3.63, 3.8) is 0 Å². The van der Waals surface area contributed by atoms with E-state index in [1.165, 1.54) is 0 Å². The number of hydrogen-bond donors (Lipinski definition) is 1. The average molecular weight is 422 g/mol. The molecule has 0 aromatic heterocycles. The highest BCUT2D eigenvalue weighted by molar-refractivity contribution is 6.01. The molecule has 2 amide bonds. The van der Waals surface area contributed by atoms with Crippen molar-refractivity contribution in [2.24, 2.45) is 5.92 Å². The average Bonchev–Trinajstić information content (AvgIpc) is 2.81. The summed E-state index contributed by atoms with van der Waals surface area (Å²) in [7, 11) is 0. The van der Waals surface area contributed by atoms with E-state index in [0.29, 0.717) is 62.4 Å². The van der Waals surface area contributed by atoms with Gasteiger partial charge in [0.1, 0.15) is 11.5 Å². The van der Waals surface area contributed by atoms with Crippen molar-refractivity contribution in [1.82, 2.24) is 4.90 Å². The number of nitrogens with zero attached hydrogens (tertiary/aromatic N) is 1. The molecule has 4 rings (SSSR count). The third-order valence-corrected chi connectivity index (χ3v) is 5.66. The van der Waals surface area contributed by atoms with E-state index in [4.69, 9.17) is 9.47 Å². The van der Waals surface area contributed by atoms with Crippen molar-refractivity contribution in [2.75, 3.05) is 31.6 Å². The van der Waals surface area contributed by atoms with Gasteiger partial charge in [0.2, 0.25) is 5.91 Å². The maximum atomic E-state index is 12.9. The SMILES string of the molecule is O=C1COc2ccc(C(=O)C3CCN(C(=O)CCCOc4ccccc4)CC3)cc2N1. The number of rotatable bonds is 7. The van der Waals surface area contributed by atoms with E-state index in [1.807, 2.05) is 35.2 Å². The van der Waals surface area contributed by atoms with Crippen LogP contribution >= 0.6 is 0 Å². The molecular weight excluding hydrogens is 396 g/mol. The summed E-state index contributed by atoms with van der Waals surface area (Å²) in [5, 5.41) is 2.74. The lowest BCUT2D eigenvalue weighted by molar-refractivity contribution is -0.132. The van der Waals surface area contributed by atoms with Gasteiger partial charge in [0.15, 0.2) is 12.4 Å². The second-order valence-corrected chi connectivity index (χ2v) is 7.83. The number of carbonyl (C=O) groups is 3. The summed E-state index contributed by atoms with van der Waals surface area (Å²) in [5.74, 6) is 1.19. The van der Waals surface area contributed by atoms with Crippen LogP contribution in [0, 0.1) is 5.92 Å². The van der Waals surface area contributed by atoms with Crippen molar-refractivity contribution < 1.29 is 23.9 Å². The Hall–Kier alpha value is -3.35. The van der Waals surface area contributed by atoms with Gasteiger partial charge in [-0.15, -0.1) is 0 Å². The summed E-state index contributed by atoms with van der Waals surface area (Å²) in [6.45, 7) is 1.66. The molecule has 2 aliphatic rings. The number of amides is 2. The molecule has 0 unspecified atom stereocenters. The van der Waals surface area contributed by atoms with E-state index in [-0.39, 0.29) is 30.1 Å². The molecule has 1 N–H and O–H groups in total. The molecule has 162 valence electrons. The molecule has 0 spiro atoms. The first-order chi connectivity index (χ1) is 15.1. The molecule has 0 bridgehead atoms. The second kappa shape index (κ2) is 9.64. The molecule has 2 heterocycles. The Morgan fingerprint density at radius 3 is 2.65 bits per heavy atom. The quantitative estimate of drug-likeness (QED) is 0.547. The van der Waals surface area contributed by atoms with E-state index < -0.39 is 0 Å². The highest BCUT2D eigenvalue weighted by Gasteiger charge is 2.28. The number of Topliss-reactive ketones (excluding diaryl/α,β-unsaturated/α-hetero) is 1. The van der Waals surface area contributed by atoms with Gasteiger partial charge in [-0.3, -0.25) is 14.4 Å². The summed E-state index contributed by atoms with van der Waals surface area (Å²) in [5.41, 5.74) is 1.10. The fourth-order valence-corrected chi connectivity index (χ4v) is 3.95. The number of likely N-dealkylation sites (tertiary alicyclic amines) is 1. The van der Waals surface area contributed by atoms with Crippen LogP contribution in [0.4, 0.5) is 5.69 Å². The van der Waals surface area contributed by atoms with Crippen LogP contribution in [0.25, 0.3) is 0 Å². The Bertz CT molecular complexity index is 952. The smallest absolute Gasteiger partial charge is 0.262 e. The highest BCUT2D eigenvalue weighted by Crippen LogP contribution is 2.31. The normalized spacial score (nSPS) is 16.1. The molecule has 0 radical (unpaired) electrons. The Morgan fingerprint density at radius 1 is 1.10 bits per heavy atom. The number of ketones is 1. The Morgan fingerprint density at radius 2 is 1.87 bits per heavy atom. The molecule has 1 saturated heterocycles. The fraction of sp³-hybridized carbons (Fsp3) is 0.375. The Balaban J connectivity index is 1.23. The van der Waals surface area contributed by atoms with Crippen LogP contribution in [0.3, 0.4) is 0 Å². The first-order valence-corrected chi connectivity index (χ1v) is 10.7. The molecule has 7 nitrogen and oxygen atoms in total. The van der Waals surface area contributed by atoms with Gasteiger partial charge >= 0.3 is 0 Å². The van der Waals surface area contributed by atoms with Gasteiger partial charge in [-0.2, -0.15) is 0 Å². The van der Waals surface area contributed by atoms with Gasteiger partial charge in [0.05, 0.1) is 12.3 Å². The molecular formula is C24H26N2O5. The zero-order chi connectivity index (χ0) is 21.6. The van der Waals surface area contributed by atoms with Gasteiger partial charge < -0.3 is 19.7 Å². The van der Waals surface area contributed by atoms with Crippen LogP contribution in [0.5, 0.6) is 11.5 Å². The van der Waals surface area contributed by atoms with E-state index >= 15 is 0 Å². The van der Waals surface area contributed by atoms with Crippen LogP contribution in [0.15, 0.2) is 48.5 Å². The van der Waals surface area contributed by atoms with E-state index in [9.17, 15) is 14.4 Å². The van der Waals surface area contributed by atoms with Crippen molar-refractivity contribution in [3.8, 4) is 11.5 Å². The summed E-state index contributed by atoms with van der Waals surface area (Å²) in [6.07, 6.45) is 2.39. The van der Waals surface area contributed by atoms with Gasteiger partial charge in [-0.1, -0.05) is 18.2 Å². The lowest BCUT2D eigenvalue weighted by atomic mass is 9.88. The molecule has 31 heavy (non-hydrogen) atoms. The molecule has 0 aliphatic carbocycles. The van der Waals surface area contributed by atoms with Gasteiger partial charge in [-0.05, 0) is 49.6 Å². The Kier molecular flexibility index (Phi) is 6.50. The molecule has 2 aliphatic heterocycles. The van der Waals surface area contributed by atoms with Crippen LogP contribution in [0.2, 0.25) is 0 Å². The van der Waals surface area contributed by atoms with Crippen molar-refractivity contribution >= 4 is 23.3 Å². The number of piperidine rings is 1. The monoisotopic (exact) mass is 422 g/mol. The van der Waals surface area contributed by atoms with Crippen molar-refractivity contribution in [3.05, 3.63) is 54.1 Å². The van der Waals surface area contributed by atoms with E-state index in [1.54, 1.807) is 18.2 Å². The number of para-hydroxylation sites is 1. The van der Waals surface area contributed by atoms with Crippen LogP contribution < -0.4 is 14.8 Å². The molecule has 0 saturated carbocycles. The zero-order valence-electron chi connectivity index (χ0n) is 17.3. The first-order valence-electron chi connectivity index (χ1n) is 10.7. The number of ether oxygens (including phenoxy) is 2. The molecule has 2 aromatic carbocycles. The largest absolute Gasteiger partial charge is 0.494 e. The van der Waals surface area contributed by atoms with Gasteiger partial charge in [0, 0.05) is 31.0 Å². The summed E-state index contributed by atoms with van der Waals surface area (Å²) in [6, 6.07) is 14.7. The predicted molar refractivity (Wildman–Crippen MR) is 115 cm³/mol. The maximum absolute atomic E-state index is 12.9. The number of anilines is 1. The molecule has 0 atom stereocenters. The van der Waals surface area contributed by atoms with Crippen LogP contribution in [-0.4, -0.2) is 48.8 Å². The van der Waals surface area contributed by atoms with Crippen molar-refractivity contribution in [1.29, 1.82) is 0 Å². The lowest BCUT2D eigenvalue weighted by Crippen LogP contribution is -2.40. The van der Waals surface area contributed by atoms with Crippen molar-refractivity contribution in [2.45, 2.75) is 25.7 Å². The molecule has 1 fully saturated rings. The highest BCUT2D eigenvalue weighted by atomic mass is 16.5. The number of nitrogens with one attached hydrogen (secondary N) is 1. The minimum atomic E-state index is -0.224. The summed E-state index contributed by atoms with van der Waals surface area (Å²) >= 11 is 0. The maximum Gasteiger partial charge on any atom is 0.262 e. The van der Waals surface area contributed by atoms with Gasteiger partial charge in [-0.25, -0.2) is 0 Å². The molecule has 7 heteroatoms. The number of hydrogen-bond acceptors (Lipinski definition) is 5. The number of benzene rings is 2. The van der Waals surface area contributed by atoms with Gasteiger partial charge in [0.25, 0.3) is 5.91 Å². The minimum absolute atomic E-state index is 0.00877. The third-order valence-electron chi connectivity index (χ3n) is 5.66. The minimum Gasteiger partial charge on any atom is -0.494 e.